The summed E-state index contributed by atoms with van der Waals surface area (Å²) in [7, 11) is 0. The molecular weight excluding hydrogens is 446 g/mol. The molecule has 34 heavy (non-hydrogen) atoms. The molecule has 1 saturated heterocycles. The normalized spacial score (nSPS) is 16.8. The van der Waals surface area contributed by atoms with Crippen LogP contribution in [0.15, 0.2) is 30.3 Å². The highest BCUT2D eigenvalue weighted by Gasteiger charge is 2.41. The Morgan fingerprint density at radius 2 is 1.74 bits per heavy atom. The fraction of sp³-hybridized carbons (Fsp3) is 0.522. The largest absolute Gasteiger partial charge is 0.466 e. The number of hydrogen-bond donors (Lipinski definition) is 2. The Hall–Kier alpha value is -3.63. The molecule has 1 aromatic rings. The molecule has 11 heteroatoms. The van der Waals surface area contributed by atoms with Crippen molar-refractivity contribution in [3.63, 3.8) is 0 Å². The summed E-state index contributed by atoms with van der Waals surface area (Å²) < 4.78 is 15.2. The van der Waals surface area contributed by atoms with Gasteiger partial charge in [-0.25, -0.2) is 4.79 Å². The van der Waals surface area contributed by atoms with Gasteiger partial charge in [0.2, 0.25) is 11.8 Å². The fourth-order valence-corrected chi connectivity index (χ4v) is 3.67. The molecule has 1 fully saturated rings. The van der Waals surface area contributed by atoms with Crippen molar-refractivity contribution in [3.8, 4) is 0 Å². The molecule has 3 N–H and O–H groups in total. The number of nitrogens with two attached hydrogens (primary N) is 1. The van der Waals surface area contributed by atoms with Crippen LogP contribution in [0, 0.1) is 5.92 Å². The summed E-state index contributed by atoms with van der Waals surface area (Å²) in [6, 6.07) is 6.63. The van der Waals surface area contributed by atoms with Crippen LogP contribution in [0.3, 0.4) is 0 Å². The van der Waals surface area contributed by atoms with Gasteiger partial charge >= 0.3 is 18.0 Å². The molecule has 3 atom stereocenters. The Morgan fingerprint density at radius 3 is 2.35 bits per heavy atom. The second kappa shape index (κ2) is 13.2. The third kappa shape index (κ3) is 7.46. The molecule has 1 aliphatic rings. The lowest BCUT2D eigenvalue weighted by molar-refractivity contribution is -0.157. The number of likely N-dealkylation sites (tertiary alicyclic amines) is 1. The van der Waals surface area contributed by atoms with Gasteiger partial charge in [-0.2, -0.15) is 0 Å². The van der Waals surface area contributed by atoms with Gasteiger partial charge in [0.05, 0.1) is 25.6 Å². The SMILES string of the molecule is CCOC(=O)C[C@H](C(=O)OCC)[C@H](NC(=O)[C@H]1CCCN1C(=O)OCc1ccccc1)C(N)=O. The number of nitrogens with zero attached hydrogens (tertiary/aromatic N) is 1. The third-order valence-corrected chi connectivity index (χ3v) is 5.28. The summed E-state index contributed by atoms with van der Waals surface area (Å²) in [6.45, 7) is 3.56. The first-order valence-electron chi connectivity index (χ1n) is 11.2. The van der Waals surface area contributed by atoms with Crippen LogP contribution in [0.1, 0.15) is 38.7 Å². The van der Waals surface area contributed by atoms with Crippen molar-refractivity contribution in [2.45, 2.75) is 51.8 Å². The summed E-state index contributed by atoms with van der Waals surface area (Å²) in [5, 5.41) is 2.43. The van der Waals surface area contributed by atoms with E-state index in [-0.39, 0.29) is 26.4 Å². The molecule has 3 amide bonds. The quantitative estimate of drug-likeness (QED) is 0.352. The minimum atomic E-state index is -1.53. The lowest BCUT2D eigenvalue weighted by Gasteiger charge is -2.27. The van der Waals surface area contributed by atoms with E-state index in [9.17, 15) is 24.0 Å². The summed E-state index contributed by atoms with van der Waals surface area (Å²) in [6.07, 6.45) is -0.303. The van der Waals surface area contributed by atoms with Crippen LogP contribution in [0.25, 0.3) is 0 Å². The van der Waals surface area contributed by atoms with E-state index in [0.717, 1.165) is 5.56 Å². The Labute approximate surface area is 197 Å². The highest BCUT2D eigenvalue weighted by atomic mass is 16.6. The van der Waals surface area contributed by atoms with Crippen LogP contribution in [0.2, 0.25) is 0 Å². The Morgan fingerprint density at radius 1 is 1.06 bits per heavy atom. The first-order valence-corrected chi connectivity index (χ1v) is 11.2. The van der Waals surface area contributed by atoms with E-state index in [1.54, 1.807) is 26.0 Å². The molecule has 0 aliphatic carbocycles. The van der Waals surface area contributed by atoms with E-state index >= 15 is 0 Å². The van der Waals surface area contributed by atoms with Crippen molar-refractivity contribution >= 4 is 29.8 Å². The smallest absolute Gasteiger partial charge is 0.410 e. The van der Waals surface area contributed by atoms with Gasteiger partial charge in [-0.1, -0.05) is 30.3 Å². The molecule has 0 aromatic heterocycles. The van der Waals surface area contributed by atoms with Gasteiger partial charge in [-0.05, 0) is 32.3 Å². The molecule has 11 nitrogen and oxygen atoms in total. The number of rotatable bonds is 11. The molecule has 1 aromatic carbocycles. The Bertz CT molecular complexity index is 876. The van der Waals surface area contributed by atoms with Crippen molar-refractivity contribution in [3.05, 3.63) is 35.9 Å². The molecule has 0 radical (unpaired) electrons. The lowest BCUT2D eigenvalue weighted by atomic mass is 9.94. The van der Waals surface area contributed by atoms with Crippen LogP contribution >= 0.6 is 0 Å². The third-order valence-electron chi connectivity index (χ3n) is 5.28. The number of nitrogens with one attached hydrogen (secondary N) is 1. The first kappa shape index (κ1) is 26.6. The molecule has 1 heterocycles. The maximum Gasteiger partial charge on any atom is 0.410 e. The molecule has 2 rings (SSSR count). The molecule has 0 saturated carbocycles. The standard InChI is InChI=1S/C23H31N3O8/c1-3-32-18(27)13-16(22(30)33-4-2)19(20(24)28)25-21(29)17-11-8-12-26(17)23(31)34-14-15-9-6-5-7-10-15/h5-7,9-10,16-17,19H,3-4,8,11-14H2,1-2H3,(H2,24,28)(H,25,29)/t16-,17+,19-/m0/s1. The number of amides is 3. The molecule has 0 bridgehead atoms. The van der Waals surface area contributed by atoms with Gasteiger partial charge in [-0.15, -0.1) is 0 Å². The van der Waals surface area contributed by atoms with E-state index in [0.29, 0.717) is 12.8 Å². The summed E-state index contributed by atoms with van der Waals surface area (Å²) in [4.78, 5) is 63.5. The zero-order chi connectivity index (χ0) is 25.1. The number of esters is 2. The number of carbonyl (C=O) groups excluding carboxylic acids is 5. The van der Waals surface area contributed by atoms with Crippen molar-refractivity contribution in [1.29, 1.82) is 0 Å². The van der Waals surface area contributed by atoms with E-state index in [1.165, 1.54) is 4.90 Å². The van der Waals surface area contributed by atoms with Crippen LogP contribution in [0.4, 0.5) is 4.79 Å². The van der Waals surface area contributed by atoms with E-state index in [2.05, 4.69) is 5.32 Å². The van der Waals surface area contributed by atoms with Gasteiger partial charge in [0.1, 0.15) is 18.7 Å². The Kier molecular flexibility index (Phi) is 10.3. The molecule has 0 unspecified atom stereocenters. The van der Waals surface area contributed by atoms with Gasteiger partial charge in [0.25, 0.3) is 0 Å². The van der Waals surface area contributed by atoms with E-state index in [4.69, 9.17) is 19.9 Å². The molecule has 186 valence electrons. The van der Waals surface area contributed by atoms with Crippen LogP contribution in [0.5, 0.6) is 0 Å². The first-order chi connectivity index (χ1) is 16.3. The monoisotopic (exact) mass is 477 g/mol. The minimum Gasteiger partial charge on any atom is -0.466 e. The van der Waals surface area contributed by atoms with Gasteiger partial charge in [0.15, 0.2) is 0 Å². The number of hydrogen-bond acceptors (Lipinski definition) is 8. The lowest BCUT2D eigenvalue weighted by Crippen LogP contribution is -2.56. The number of primary amides is 1. The zero-order valence-electron chi connectivity index (χ0n) is 19.4. The molecule has 1 aliphatic heterocycles. The highest BCUT2D eigenvalue weighted by molar-refractivity contribution is 5.95. The predicted octanol–water partition coefficient (Wildman–Crippen LogP) is 0.890. The summed E-state index contributed by atoms with van der Waals surface area (Å²) in [5.74, 6) is -4.69. The average molecular weight is 478 g/mol. The van der Waals surface area contributed by atoms with Crippen molar-refractivity contribution in [2.24, 2.45) is 11.7 Å². The minimum absolute atomic E-state index is 0.00123. The van der Waals surface area contributed by atoms with E-state index in [1.807, 2.05) is 18.2 Å². The van der Waals surface area contributed by atoms with Crippen LogP contribution < -0.4 is 11.1 Å². The highest BCUT2D eigenvalue weighted by Crippen LogP contribution is 2.21. The second-order valence-corrected chi connectivity index (χ2v) is 7.65. The van der Waals surface area contributed by atoms with E-state index < -0.39 is 54.3 Å². The van der Waals surface area contributed by atoms with Gasteiger partial charge in [0, 0.05) is 6.54 Å². The van der Waals surface area contributed by atoms with Gasteiger partial charge in [-0.3, -0.25) is 24.1 Å². The van der Waals surface area contributed by atoms with Gasteiger partial charge < -0.3 is 25.3 Å². The predicted molar refractivity (Wildman–Crippen MR) is 119 cm³/mol. The summed E-state index contributed by atoms with van der Waals surface area (Å²) in [5.41, 5.74) is 6.25. The van der Waals surface area contributed by atoms with Crippen molar-refractivity contribution in [1.82, 2.24) is 10.2 Å². The van der Waals surface area contributed by atoms with Crippen LogP contribution in [-0.2, 0) is 40.0 Å². The number of benzene rings is 1. The van der Waals surface area contributed by atoms with Crippen LogP contribution in [-0.4, -0.2) is 66.6 Å². The number of ether oxygens (including phenoxy) is 3. The summed E-state index contributed by atoms with van der Waals surface area (Å²) >= 11 is 0. The number of carbonyl (C=O) groups is 5. The molecule has 0 spiro atoms. The maximum atomic E-state index is 13.0. The topological polar surface area (TPSA) is 154 Å². The zero-order valence-corrected chi connectivity index (χ0v) is 19.4. The fourth-order valence-electron chi connectivity index (χ4n) is 3.67. The Balaban J connectivity index is 2.10. The van der Waals surface area contributed by atoms with Crippen molar-refractivity contribution in [2.75, 3.05) is 19.8 Å². The second-order valence-electron chi connectivity index (χ2n) is 7.65. The average Bonchev–Trinajstić information content (AvgIpc) is 3.30. The molecular formula is C23H31N3O8. The van der Waals surface area contributed by atoms with Crippen molar-refractivity contribution < 1.29 is 38.2 Å². The maximum absolute atomic E-state index is 13.0.